The summed E-state index contributed by atoms with van der Waals surface area (Å²) in [5, 5.41) is 2.57. The minimum atomic E-state index is -0.604. The van der Waals surface area contributed by atoms with Crippen LogP contribution in [0.3, 0.4) is 0 Å². The van der Waals surface area contributed by atoms with E-state index < -0.39 is 12.1 Å². The van der Waals surface area contributed by atoms with Gasteiger partial charge >= 0.3 is 6.03 Å². The summed E-state index contributed by atoms with van der Waals surface area (Å²) in [4.78, 5) is 24.8. The third-order valence-electron chi connectivity index (χ3n) is 2.60. The third-order valence-corrected chi connectivity index (χ3v) is 2.60. The molecule has 1 atom stereocenters. The van der Waals surface area contributed by atoms with Crippen LogP contribution in [0.25, 0.3) is 0 Å². The molecule has 1 fully saturated rings. The normalized spacial score (nSPS) is 19.1. The first-order valence-corrected chi connectivity index (χ1v) is 5.28. The van der Waals surface area contributed by atoms with Crippen LogP contribution in [-0.2, 0) is 4.79 Å². The average Bonchev–Trinajstić information content (AvgIpc) is 2.55. The van der Waals surface area contributed by atoms with Crippen molar-refractivity contribution in [2.45, 2.75) is 19.4 Å². The van der Waals surface area contributed by atoms with E-state index in [1.807, 2.05) is 13.0 Å². The summed E-state index contributed by atoms with van der Waals surface area (Å²) in [5.41, 5.74) is 1.57. The molecule has 1 saturated heterocycles. The molecular formula is C13H12N2O2. The van der Waals surface area contributed by atoms with Crippen molar-refractivity contribution in [2.75, 3.05) is 4.90 Å². The molecule has 0 bridgehead atoms. The van der Waals surface area contributed by atoms with Crippen LogP contribution in [0.5, 0.6) is 0 Å². The van der Waals surface area contributed by atoms with Crippen LogP contribution < -0.4 is 10.2 Å². The Hall–Kier alpha value is -2.28. The highest BCUT2D eigenvalue weighted by atomic mass is 16.2. The van der Waals surface area contributed by atoms with Crippen LogP contribution in [0.15, 0.2) is 24.3 Å². The smallest absolute Gasteiger partial charge is 0.324 e. The third kappa shape index (κ3) is 2.00. The molecule has 1 heterocycles. The standard InChI is InChI=1S/C13H12N2O2/c1-3-5-11-12(16)15(13(17)14-11)10-7-4-6-9(2)8-10/h1,4,6-8,11H,5H2,2H3,(H,14,17). The van der Waals surface area contributed by atoms with Crippen molar-refractivity contribution in [2.24, 2.45) is 0 Å². The molecule has 86 valence electrons. The van der Waals surface area contributed by atoms with Crippen molar-refractivity contribution in [1.82, 2.24) is 5.32 Å². The number of rotatable bonds is 2. The van der Waals surface area contributed by atoms with Crippen molar-refractivity contribution >= 4 is 17.6 Å². The molecule has 0 saturated carbocycles. The van der Waals surface area contributed by atoms with Gasteiger partial charge in [-0.3, -0.25) is 4.79 Å². The Morgan fingerprint density at radius 2 is 2.24 bits per heavy atom. The van der Waals surface area contributed by atoms with Gasteiger partial charge in [-0.1, -0.05) is 12.1 Å². The fourth-order valence-electron chi connectivity index (χ4n) is 1.80. The summed E-state index contributed by atoms with van der Waals surface area (Å²) < 4.78 is 0. The Morgan fingerprint density at radius 3 is 2.88 bits per heavy atom. The number of benzene rings is 1. The Kier molecular flexibility index (Phi) is 2.84. The van der Waals surface area contributed by atoms with Crippen molar-refractivity contribution in [3.63, 3.8) is 0 Å². The van der Waals surface area contributed by atoms with Gasteiger partial charge in [0.1, 0.15) is 6.04 Å². The average molecular weight is 228 g/mol. The Morgan fingerprint density at radius 1 is 1.47 bits per heavy atom. The molecule has 1 aromatic carbocycles. The maximum Gasteiger partial charge on any atom is 0.329 e. The molecule has 1 aliphatic rings. The molecule has 0 aromatic heterocycles. The summed E-state index contributed by atoms with van der Waals surface area (Å²) >= 11 is 0. The topological polar surface area (TPSA) is 49.4 Å². The van der Waals surface area contributed by atoms with E-state index in [1.165, 1.54) is 0 Å². The van der Waals surface area contributed by atoms with Gasteiger partial charge in [0.2, 0.25) is 0 Å². The van der Waals surface area contributed by atoms with Gasteiger partial charge in [0.25, 0.3) is 5.91 Å². The number of urea groups is 1. The number of nitrogens with one attached hydrogen (secondary N) is 1. The van der Waals surface area contributed by atoms with E-state index in [0.29, 0.717) is 5.69 Å². The number of carbonyl (C=O) groups excluding carboxylic acids is 2. The largest absolute Gasteiger partial charge is 0.329 e. The fraction of sp³-hybridized carbons (Fsp3) is 0.231. The number of terminal acetylenes is 1. The number of carbonyl (C=O) groups is 2. The quantitative estimate of drug-likeness (QED) is 0.615. The monoisotopic (exact) mass is 228 g/mol. The van der Waals surface area contributed by atoms with Crippen LogP contribution in [0.2, 0.25) is 0 Å². The maximum atomic E-state index is 12.0. The number of amides is 3. The highest BCUT2D eigenvalue weighted by molar-refractivity contribution is 6.21. The van der Waals surface area contributed by atoms with Crippen LogP contribution >= 0.6 is 0 Å². The van der Waals surface area contributed by atoms with Crippen molar-refractivity contribution < 1.29 is 9.59 Å². The second-order valence-corrected chi connectivity index (χ2v) is 3.92. The summed E-state index contributed by atoms with van der Waals surface area (Å²) in [5.74, 6) is 2.09. The van der Waals surface area contributed by atoms with Gasteiger partial charge in [0.05, 0.1) is 5.69 Å². The molecule has 1 N–H and O–H groups in total. The zero-order valence-electron chi connectivity index (χ0n) is 9.43. The van der Waals surface area contributed by atoms with Gasteiger partial charge in [-0.15, -0.1) is 12.3 Å². The molecule has 0 spiro atoms. The molecule has 4 nitrogen and oxygen atoms in total. The fourth-order valence-corrected chi connectivity index (χ4v) is 1.80. The van der Waals surface area contributed by atoms with Crippen molar-refractivity contribution in [3.05, 3.63) is 29.8 Å². The number of nitrogens with zero attached hydrogens (tertiary/aromatic N) is 1. The molecular weight excluding hydrogens is 216 g/mol. The lowest BCUT2D eigenvalue weighted by Gasteiger charge is -2.13. The Balaban J connectivity index is 2.31. The molecule has 1 aliphatic heterocycles. The van der Waals surface area contributed by atoms with E-state index in [2.05, 4.69) is 11.2 Å². The van der Waals surface area contributed by atoms with Crippen LogP contribution in [0.4, 0.5) is 10.5 Å². The lowest BCUT2D eigenvalue weighted by Crippen LogP contribution is -2.31. The van der Waals surface area contributed by atoms with Crippen molar-refractivity contribution in [3.8, 4) is 12.3 Å². The highest BCUT2D eigenvalue weighted by Crippen LogP contribution is 2.21. The summed E-state index contributed by atoms with van der Waals surface area (Å²) in [6.07, 6.45) is 5.37. The number of aryl methyl sites for hydroxylation is 1. The predicted molar refractivity (Wildman–Crippen MR) is 64.4 cm³/mol. The number of hydrogen-bond donors (Lipinski definition) is 1. The Bertz CT molecular complexity index is 516. The first-order valence-electron chi connectivity index (χ1n) is 5.28. The van der Waals surface area contributed by atoms with Crippen LogP contribution in [0, 0.1) is 19.3 Å². The highest BCUT2D eigenvalue weighted by Gasteiger charge is 2.38. The van der Waals surface area contributed by atoms with Gasteiger partial charge in [0.15, 0.2) is 0 Å². The number of hydrogen-bond acceptors (Lipinski definition) is 2. The number of anilines is 1. The predicted octanol–water partition coefficient (Wildman–Crippen LogP) is 1.44. The van der Waals surface area contributed by atoms with Gasteiger partial charge in [0, 0.05) is 6.42 Å². The zero-order chi connectivity index (χ0) is 12.4. The number of imide groups is 1. The van der Waals surface area contributed by atoms with Crippen LogP contribution in [0.1, 0.15) is 12.0 Å². The second kappa shape index (κ2) is 4.30. The maximum absolute atomic E-state index is 12.0. The minimum absolute atomic E-state index is 0.215. The summed E-state index contributed by atoms with van der Waals surface area (Å²) in [6.45, 7) is 1.90. The van der Waals surface area contributed by atoms with E-state index >= 15 is 0 Å². The molecule has 17 heavy (non-hydrogen) atoms. The summed E-state index contributed by atoms with van der Waals surface area (Å²) in [7, 11) is 0. The van der Waals surface area contributed by atoms with E-state index in [1.54, 1.807) is 18.2 Å². The molecule has 0 radical (unpaired) electrons. The molecule has 3 amide bonds. The first kappa shape index (κ1) is 11.2. The lowest BCUT2D eigenvalue weighted by atomic mass is 10.2. The van der Waals surface area contributed by atoms with E-state index in [0.717, 1.165) is 10.5 Å². The minimum Gasteiger partial charge on any atom is -0.324 e. The van der Waals surface area contributed by atoms with Gasteiger partial charge in [-0.25, -0.2) is 9.69 Å². The van der Waals surface area contributed by atoms with Gasteiger partial charge in [-0.05, 0) is 24.6 Å². The summed E-state index contributed by atoms with van der Waals surface area (Å²) in [6, 6.07) is 6.20. The van der Waals surface area contributed by atoms with Crippen molar-refractivity contribution in [1.29, 1.82) is 0 Å². The second-order valence-electron chi connectivity index (χ2n) is 3.92. The SMILES string of the molecule is C#CCC1NC(=O)N(c2cccc(C)c2)C1=O. The molecule has 4 heteroatoms. The molecule has 1 unspecified atom stereocenters. The van der Waals surface area contributed by atoms with Gasteiger partial charge < -0.3 is 5.32 Å². The first-order chi connectivity index (χ1) is 8.13. The molecule has 1 aromatic rings. The molecule has 2 rings (SSSR count). The van der Waals surface area contributed by atoms with Crippen LogP contribution in [-0.4, -0.2) is 18.0 Å². The van der Waals surface area contributed by atoms with E-state index in [-0.39, 0.29) is 12.3 Å². The Labute approximate surface area is 99.6 Å². The lowest BCUT2D eigenvalue weighted by molar-refractivity contribution is -0.118. The zero-order valence-corrected chi connectivity index (χ0v) is 9.43. The van der Waals surface area contributed by atoms with Gasteiger partial charge in [-0.2, -0.15) is 0 Å². The van der Waals surface area contributed by atoms with E-state index in [4.69, 9.17) is 6.42 Å². The molecule has 0 aliphatic carbocycles. The van der Waals surface area contributed by atoms with E-state index in [9.17, 15) is 9.59 Å².